The molecule has 27 nitrogen and oxygen atoms in total. The van der Waals surface area contributed by atoms with Crippen LogP contribution < -0.4 is 66.7 Å². The highest BCUT2D eigenvalue weighted by Gasteiger charge is 2.44. The molecule has 0 saturated carbocycles. The summed E-state index contributed by atoms with van der Waals surface area (Å²) >= 11 is 0. The molecule has 27 heteroatoms. The van der Waals surface area contributed by atoms with Crippen molar-refractivity contribution >= 4 is 59.2 Å². The van der Waals surface area contributed by atoms with Crippen molar-refractivity contribution in [2.24, 2.45) is 50.1 Å². The van der Waals surface area contributed by atoms with E-state index in [1.54, 1.807) is 12.1 Å². The topological polar surface area (TPSA) is 471 Å². The van der Waals surface area contributed by atoms with Crippen molar-refractivity contribution in [2.45, 2.75) is 151 Å². The van der Waals surface area contributed by atoms with Crippen LogP contribution in [0.5, 0.6) is 11.5 Å². The van der Waals surface area contributed by atoms with E-state index in [-0.39, 0.29) is 120 Å². The first kappa shape index (κ1) is 63.8. The lowest BCUT2D eigenvalue weighted by atomic mass is 10.0. The molecule has 2 aromatic rings. The van der Waals surface area contributed by atoms with E-state index in [9.17, 15) is 53.7 Å². The summed E-state index contributed by atoms with van der Waals surface area (Å²) in [5.41, 5.74) is 40.7. The predicted molar refractivity (Wildman–Crippen MR) is 294 cm³/mol. The van der Waals surface area contributed by atoms with Gasteiger partial charge in [0.15, 0.2) is 11.9 Å². The van der Waals surface area contributed by atoms with E-state index in [1.165, 1.54) is 46.2 Å². The van der Waals surface area contributed by atoms with Gasteiger partial charge in [-0.05, 0) is 138 Å². The van der Waals surface area contributed by atoms with E-state index in [0.717, 1.165) is 0 Å². The number of aliphatic imine (C=N–C) groups is 2. The van der Waals surface area contributed by atoms with Gasteiger partial charge in [-0.15, -0.1) is 0 Å². The van der Waals surface area contributed by atoms with Gasteiger partial charge in [0.05, 0.1) is 6.04 Å². The first-order chi connectivity index (χ1) is 37.7. The molecule has 4 rings (SSSR count). The molecular formula is C52H82N16O11. The second kappa shape index (κ2) is 32.8. The Bertz CT molecular complexity index is 2400. The van der Waals surface area contributed by atoms with Crippen LogP contribution in [0, 0.1) is 0 Å². The van der Waals surface area contributed by atoms with Crippen LogP contribution >= 0.6 is 0 Å². The van der Waals surface area contributed by atoms with Crippen molar-refractivity contribution in [1.82, 2.24) is 36.4 Å². The first-order valence-electron chi connectivity index (χ1n) is 26.9. The van der Waals surface area contributed by atoms with Gasteiger partial charge in [0.2, 0.25) is 41.4 Å². The molecule has 79 heavy (non-hydrogen) atoms. The number of carboxylic acids is 1. The normalized spacial score (nSPS) is 17.2. The number of unbranched alkanes of at least 4 members (excludes halogenated alkanes) is 2. The van der Waals surface area contributed by atoms with Gasteiger partial charge in [-0.3, -0.25) is 43.5 Å². The largest absolute Gasteiger partial charge is 0.508 e. The number of phenols is 2. The third-order valence-electron chi connectivity index (χ3n) is 13.7. The van der Waals surface area contributed by atoms with E-state index in [1.807, 2.05) is 0 Å². The highest BCUT2D eigenvalue weighted by atomic mass is 16.4. The third kappa shape index (κ3) is 21.2. The highest BCUT2D eigenvalue weighted by Crippen LogP contribution is 2.27. The predicted octanol–water partition coefficient (Wildman–Crippen LogP) is -2.93. The number of aliphatic carboxylic acids is 1. The van der Waals surface area contributed by atoms with Gasteiger partial charge in [-0.25, -0.2) is 4.79 Å². The van der Waals surface area contributed by atoms with Crippen molar-refractivity contribution in [2.75, 3.05) is 39.3 Å². The Morgan fingerprint density at radius 3 is 1.42 bits per heavy atom. The summed E-state index contributed by atoms with van der Waals surface area (Å²) in [5, 5.41) is 43.4. The fourth-order valence-electron chi connectivity index (χ4n) is 9.43. The van der Waals surface area contributed by atoms with Gasteiger partial charge in [-0.2, -0.15) is 0 Å². The van der Waals surface area contributed by atoms with Crippen molar-refractivity contribution in [1.29, 1.82) is 0 Å². The molecule has 0 bridgehead atoms. The summed E-state index contributed by atoms with van der Waals surface area (Å²) in [6, 6.07) is 2.35. The average Bonchev–Trinajstić information content (AvgIpc) is 4.27. The minimum Gasteiger partial charge on any atom is -0.508 e. The van der Waals surface area contributed by atoms with Gasteiger partial charge < -0.3 is 91.8 Å². The van der Waals surface area contributed by atoms with Crippen molar-refractivity contribution in [3.8, 4) is 11.5 Å². The highest BCUT2D eigenvalue weighted by molar-refractivity contribution is 5.98. The molecule has 22 N–H and O–H groups in total. The number of hydrogen-bond acceptors (Lipinski definition) is 15. The number of nitrogens with two attached hydrogens (primary N) is 7. The maximum absolute atomic E-state index is 14.9. The first-order valence-corrected chi connectivity index (χ1v) is 26.9. The van der Waals surface area contributed by atoms with Crippen LogP contribution in [0.2, 0.25) is 0 Å². The number of guanidine groups is 2. The number of hydrogen-bond donors (Lipinski definition) is 15. The van der Waals surface area contributed by atoms with Gasteiger partial charge in [0, 0.05) is 39.0 Å². The van der Waals surface area contributed by atoms with E-state index in [4.69, 9.17) is 40.1 Å². The van der Waals surface area contributed by atoms with E-state index in [0.29, 0.717) is 56.1 Å². The zero-order chi connectivity index (χ0) is 58.0. The average molecular weight is 1110 g/mol. The third-order valence-corrected chi connectivity index (χ3v) is 13.7. The summed E-state index contributed by atoms with van der Waals surface area (Å²) in [7, 11) is 0. The van der Waals surface area contributed by atoms with E-state index >= 15 is 0 Å². The number of nitrogens with one attached hydrogen (secondary N) is 5. The Hall–Kier alpha value is -7.78. The van der Waals surface area contributed by atoms with Crippen molar-refractivity contribution in [3.63, 3.8) is 0 Å². The Morgan fingerprint density at radius 2 is 0.949 bits per heavy atom. The quantitative estimate of drug-likeness (QED) is 0.0193. The van der Waals surface area contributed by atoms with Crippen LogP contribution in [0.3, 0.4) is 0 Å². The molecule has 0 radical (unpaired) electrons. The molecule has 0 aromatic heterocycles. The summed E-state index contributed by atoms with van der Waals surface area (Å²) in [5.74, 6) is -6.33. The van der Waals surface area contributed by atoms with Crippen LogP contribution in [-0.4, -0.2) is 172 Å². The number of carboxylic acid groups (broad SMARTS) is 1. The van der Waals surface area contributed by atoms with Crippen LogP contribution in [0.25, 0.3) is 0 Å². The number of nitrogens with zero attached hydrogens (tertiary/aromatic N) is 4. The monoisotopic (exact) mass is 1110 g/mol. The fraction of sp³-hybridized carbons (Fsp3) is 0.577. The van der Waals surface area contributed by atoms with Crippen LogP contribution in [0.15, 0.2) is 58.5 Å². The molecule has 2 aliphatic heterocycles. The Kier molecular flexibility index (Phi) is 26.5. The molecule has 2 heterocycles. The molecule has 0 spiro atoms. The lowest BCUT2D eigenvalue weighted by molar-refractivity contribution is -0.148. The minimum atomic E-state index is -1.34. The number of benzene rings is 2. The van der Waals surface area contributed by atoms with E-state index in [2.05, 4.69) is 36.6 Å². The van der Waals surface area contributed by atoms with E-state index < -0.39 is 95.7 Å². The second-order valence-electron chi connectivity index (χ2n) is 19.8. The lowest BCUT2D eigenvalue weighted by Gasteiger charge is -2.33. The molecule has 2 saturated heterocycles. The zero-order valence-corrected chi connectivity index (χ0v) is 44.7. The number of phenolic OH excluding ortho intramolecular Hbond substituents is 2. The number of amides is 7. The van der Waals surface area contributed by atoms with Gasteiger partial charge in [0.1, 0.15) is 53.8 Å². The van der Waals surface area contributed by atoms with Gasteiger partial charge in [-0.1, -0.05) is 24.3 Å². The second-order valence-corrected chi connectivity index (χ2v) is 19.8. The molecule has 2 aliphatic rings. The summed E-state index contributed by atoms with van der Waals surface area (Å²) in [6.07, 6.45) is 3.80. The molecule has 8 atom stereocenters. The molecule has 2 fully saturated rings. The standard InChI is InChI=1S/C52H82N16O11/c53-23-3-1-10-36(63-45(73)38(12-6-26-61-52(58)59)62-43(71)35(55)9-5-25-60-51(56)57)44(72)64-37(11-2-4-24-54)46(74)65-39(29-31-15-19-33(69)20-16-31)48(76)68-28-8-14-42(68)49(77)67-27-7-13-41(67)47(75)66-40(50(78)79)30-32-17-21-34(70)22-18-32/h15-22,35-42,69-70H,1-14,23-30,53-55H2,(H,62,71)(H,63,73)(H,64,72)(H,65,74)(H,66,75)(H,78,79)(H4,56,57,60)(H4,58,59,61)/t35-,36-,37-,38-,39-,40-,41-,42-/m0/s1. The van der Waals surface area contributed by atoms with Gasteiger partial charge >= 0.3 is 5.97 Å². The number of rotatable bonds is 33. The summed E-state index contributed by atoms with van der Waals surface area (Å²) in [4.78, 5) is 122. The smallest absolute Gasteiger partial charge is 0.326 e. The zero-order valence-electron chi connectivity index (χ0n) is 44.7. The van der Waals surface area contributed by atoms with Crippen molar-refractivity contribution < 1.29 is 53.7 Å². The number of carbonyl (C=O) groups excluding carboxylic acids is 7. The van der Waals surface area contributed by atoms with Crippen LogP contribution in [0.4, 0.5) is 0 Å². The SMILES string of the molecule is NCCCC[C@H](NC(=O)[C@H](CCCN=C(N)N)NC(=O)[C@@H](N)CCCN=C(N)N)C(=O)N[C@@H](CCCCN)C(=O)N[C@@H](Cc1ccc(O)cc1)C(=O)N1CCC[C@H]1C(=O)N1CCC[C@H]1C(=O)N[C@@H](Cc1ccc(O)cc1)C(=O)O. The number of likely N-dealkylation sites (tertiary alicyclic amines) is 2. The summed E-state index contributed by atoms with van der Waals surface area (Å²) in [6.45, 7) is 1.18. The van der Waals surface area contributed by atoms with Crippen LogP contribution in [0.1, 0.15) is 101 Å². The molecular weight excluding hydrogens is 1020 g/mol. The molecule has 7 amide bonds. The molecule has 0 unspecified atom stereocenters. The maximum atomic E-state index is 14.9. The molecule has 0 aliphatic carbocycles. The maximum Gasteiger partial charge on any atom is 0.326 e. The fourth-order valence-corrected chi connectivity index (χ4v) is 9.43. The lowest BCUT2D eigenvalue weighted by Crippen LogP contribution is -2.60. The van der Waals surface area contributed by atoms with Crippen molar-refractivity contribution in [3.05, 3.63) is 59.7 Å². The molecule has 436 valence electrons. The van der Waals surface area contributed by atoms with Crippen LogP contribution in [-0.2, 0) is 51.2 Å². The minimum absolute atomic E-state index is 0.00965. The Morgan fingerprint density at radius 1 is 0.532 bits per heavy atom. The number of carbonyl (C=O) groups is 8. The Balaban J connectivity index is 1.57. The Labute approximate surface area is 459 Å². The van der Waals surface area contributed by atoms with Gasteiger partial charge in [0.25, 0.3) is 0 Å². The molecule has 2 aromatic carbocycles. The number of aromatic hydroxyl groups is 2. The summed E-state index contributed by atoms with van der Waals surface area (Å²) < 4.78 is 0.